The van der Waals surface area contributed by atoms with E-state index in [9.17, 15) is 13.2 Å². The lowest BCUT2D eigenvalue weighted by Crippen LogP contribution is -1.93. The van der Waals surface area contributed by atoms with E-state index < -0.39 is 17.5 Å². The summed E-state index contributed by atoms with van der Waals surface area (Å²) >= 11 is 1.08. The molecule has 0 bridgehead atoms. The zero-order valence-corrected chi connectivity index (χ0v) is 9.40. The SMILES string of the molecule is Nc1c(F)cccc1Sc1ccc(F)c(F)c1. The second kappa shape index (κ2) is 4.71. The minimum Gasteiger partial charge on any atom is -0.395 e. The second-order valence-electron chi connectivity index (χ2n) is 3.33. The van der Waals surface area contributed by atoms with Gasteiger partial charge in [0.05, 0.1) is 5.69 Å². The number of anilines is 1. The van der Waals surface area contributed by atoms with Crippen LogP contribution in [0.15, 0.2) is 46.2 Å². The lowest BCUT2D eigenvalue weighted by Gasteiger charge is -2.06. The van der Waals surface area contributed by atoms with Gasteiger partial charge in [0.2, 0.25) is 0 Å². The fourth-order valence-corrected chi connectivity index (χ4v) is 2.18. The molecule has 0 saturated carbocycles. The van der Waals surface area contributed by atoms with Gasteiger partial charge in [0.15, 0.2) is 11.6 Å². The van der Waals surface area contributed by atoms with Gasteiger partial charge < -0.3 is 5.73 Å². The zero-order valence-electron chi connectivity index (χ0n) is 8.58. The summed E-state index contributed by atoms with van der Waals surface area (Å²) in [5.41, 5.74) is 5.54. The van der Waals surface area contributed by atoms with Crippen molar-refractivity contribution in [1.82, 2.24) is 0 Å². The topological polar surface area (TPSA) is 26.0 Å². The van der Waals surface area contributed by atoms with Crippen molar-refractivity contribution in [1.29, 1.82) is 0 Å². The molecule has 0 fully saturated rings. The van der Waals surface area contributed by atoms with Crippen molar-refractivity contribution in [2.24, 2.45) is 0 Å². The van der Waals surface area contributed by atoms with Crippen LogP contribution in [0.25, 0.3) is 0 Å². The summed E-state index contributed by atoms with van der Waals surface area (Å²) in [4.78, 5) is 0.928. The number of halogens is 3. The molecule has 2 rings (SSSR count). The van der Waals surface area contributed by atoms with E-state index >= 15 is 0 Å². The molecule has 2 aromatic carbocycles. The Morgan fingerprint density at radius 2 is 1.65 bits per heavy atom. The number of hydrogen-bond donors (Lipinski definition) is 1. The monoisotopic (exact) mass is 255 g/mol. The van der Waals surface area contributed by atoms with Crippen molar-refractivity contribution < 1.29 is 13.2 Å². The molecule has 0 saturated heterocycles. The molecule has 0 aliphatic carbocycles. The summed E-state index contributed by atoms with van der Waals surface area (Å²) in [5.74, 6) is -2.39. The van der Waals surface area contributed by atoms with E-state index in [-0.39, 0.29) is 5.69 Å². The Morgan fingerprint density at radius 1 is 0.882 bits per heavy atom. The molecular formula is C12H8F3NS. The first-order valence-corrected chi connectivity index (χ1v) is 5.56. The number of hydrogen-bond acceptors (Lipinski definition) is 2. The molecule has 0 aliphatic heterocycles. The van der Waals surface area contributed by atoms with Gasteiger partial charge in [-0.2, -0.15) is 0 Å². The highest BCUT2D eigenvalue weighted by atomic mass is 32.2. The van der Waals surface area contributed by atoms with E-state index in [0.717, 1.165) is 23.9 Å². The Labute approximate surface area is 100 Å². The van der Waals surface area contributed by atoms with E-state index in [0.29, 0.717) is 9.79 Å². The number of rotatable bonds is 2. The third kappa shape index (κ3) is 2.55. The molecular weight excluding hydrogens is 247 g/mol. The van der Waals surface area contributed by atoms with Crippen LogP contribution in [0.1, 0.15) is 0 Å². The fraction of sp³-hybridized carbons (Fsp3) is 0. The van der Waals surface area contributed by atoms with Gasteiger partial charge in [-0.3, -0.25) is 0 Å². The standard InChI is InChI=1S/C12H8F3NS/c13-8-5-4-7(6-10(8)15)17-11-3-1-2-9(14)12(11)16/h1-6H,16H2. The third-order valence-electron chi connectivity index (χ3n) is 2.13. The Morgan fingerprint density at radius 3 is 2.35 bits per heavy atom. The van der Waals surface area contributed by atoms with Crippen molar-refractivity contribution in [2.45, 2.75) is 9.79 Å². The number of benzene rings is 2. The first-order chi connectivity index (χ1) is 8.08. The van der Waals surface area contributed by atoms with Crippen molar-refractivity contribution >= 4 is 17.4 Å². The van der Waals surface area contributed by atoms with Gasteiger partial charge in [-0.25, -0.2) is 13.2 Å². The minimum atomic E-state index is -0.940. The first kappa shape index (κ1) is 11.9. The Hall–Kier alpha value is -1.62. The molecule has 2 aromatic rings. The fourth-order valence-electron chi connectivity index (χ4n) is 1.27. The zero-order chi connectivity index (χ0) is 12.4. The molecule has 0 amide bonds. The lowest BCUT2D eigenvalue weighted by atomic mass is 10.3. The normalized spacial score (nSPS) is 10.5. The maximum Gasteiger partial charge on any atom is 0.159 e. The Bertz CT molecular complexity index is 557. The van der Waals surface area contributed by atoms with Crippen LogP contribution in [0.3, 0.4) is 0 Å². The smallest absolute Gasteiger partial charge is 0.159 e. The molecule has 2 N–H and O–H groups in total. The summed E-state index contributed by atoms with van der Waals surface area (Å²) < 4.78 is 38.8. The average Bonchev–Trinajstić information content (AvgIpc) is 2.30. The maximum atomic E-state index is 13.2. The van der Waals surface area contributed by atoms with Gasteiger partial charge in [-0.1, -0.05) is 17.8 Å². The van der Waals surface area contributed by atoms with Crippen molar-refractivity contribution in [3.8, 4) is 0 Å². The van der Waals surface area contributed by atoms with Crippen LogP contribution < -0.4 is 5.73 Å². The third-order valence-corrected chi connectivity index (χ3v) is 3.20. The molecule has 88 valence electrons. The summed E-state index contributed by atoms with van der Waals surface area (Å²) in [6, 6.07) is 7.84. The number of nitrogen functional groups attached to an aromatic ring is 1. The highest BCUT2D eigenvalue weighted by Crippen LogP contribution is 2.33. The maximum absolute atomic E-state index is 13.2. The average molecular weight is 255 g/mol. The van der Waals surface area contributed by atoms with Gasteiger partial charge in [-0.15, -0.1) is 0 Å². The molecule has 0 aromatic heterocycles. The van der Waals surface area contributed by atoms with E-state index in [1.807, 2.05) is 0 Å². The summed E-state index contributed by atoms with van der Waals surface area (Å²) in [6.07, 6.45) is 0. The van der Waals surface area contributed by atoms with Crippen molar-refractivity contribution in [3.05, 3.63) is 53.8 Å². The molecule has 0 radical (unpaired) electrons. The van der Waals surface area contributed by atoms with Crippen molar-refractivity contribution in [3.63, 3.8) is 0 Å². The summed E-state index contributed by atoms with van der Waals surface area (Å²) in [5, 5.41) is 0. The second-order valence-corrected chi connectivity index (χ2v) is 4.44. The van der Waals surface area contributed by atoms with Crippen molar-refractivity contribution in [2.75, 3.05) is 5.73 Å². The predicted molar refractivity (Wildman–Crippen MR) is 61.3 cm³/mol. The number of para-hydroxylation sites is 1. The highest BCUT2D eigenvalue weighted by molar-refractivity contribution is 7.99. The highest BCUT2D eigenvalue weighted by Gasteiger charge is 2.08. The van der Waals surface area contributed by atoms with Gasteiger partial charge in [0.25, 0.3) is 0 Å². The molecule has 0 aliphatic rings. The van der Waals surface area contributed by atoms with Gasteiger partial charge >= 0.3 is 0 Å². The summed E-state index contributed by atoms with van der Waals surface area (Å²) in [6.45, 7) is 0. The van der Waals surface area contributed by atoms with Crippen LogP contribution in [0, 0.1) is 17.5 Å². The van der Waals surface area contributed by atoms with Crippen LogP contribution >= 0.6 is 11.8 Å². The quantitative estimate of drug-likeness (QED) is 0.825. The molecule has 0 heterocycles. The Balaban J connectivity index is 2.31. The van der Waals surface area contributed by atoms with Crippen LogP contribution in [0.5, 0.6) is 0 Å². The van der Waals surface area contributed by atoms with E-state index in [4.69, 9.17) is 5.73 Å². The molecule has 17 heavy (non-hydrogen) atoms. The van der Waals surface area contributed by atoms with Crippen LogP contribution in [0.4, 0.5) is 18.9 Å². The van der Waals surface area contributed by atoms with Gasteiger partial charge in [0, 0.05) is 9.79 Å². The predicted octanol–water partition coefficient (Wildman–Crippen LogP) is 3.84. The van der Waals surface area contributed by atoms with Crippen LogP contribution in [-0.4, -0.2) is 0 Å². The molecule has 0 atom stereocenters. The molecule has 1 nitrogen and oxygen atoms in total. The molecule has 0 unspecified atom stereocenters. The molecule has 0 spiro atoms. The first-order valence-electron chi connectivity index (χ1n) is 4.75. The largest absolute Gasteiger partial charge is 0.395 e. The van der Waals surface area contributed by atoms with Crippen LogP contribution in [0.2, 0.25) is 0 Å². The van der Waals surface area contributed by atoms with E-state index in [1.165, 1.54) is 18.2 Å². The number of nitrogens with two attached hydrogens (primary N) is 1. The summed E-state index contributed by atoms with van der Waals surface area (Å²) in [7, 11) is 0. The minimum absolute atomic E-state index is 0.00207. The lowest BCUT2D eigenvalue weighted by molar-refractivity contribution is 0.506. The molecule has 5 heteroatoms. The van der Waals surface area contributed by atoms with E-state index in [2.05, 4.69) is 0 Å². The Kier molecular flexibility index (Phi) is 3.28. The van der Waals surface area contributed by atoms with Gasteiger partial charge in [0.1, 0.15) is 5.82 Å². The van der Waals surface area contributed by atoms with E-state index in [1.54, 1.807) is 6.07 Å². The van der Waals surface area contributed by atoms with Gasteiger partial charge in [-0.05, 0) is 30.3 Å². The van der Waals surface area contributed by atoms with Crippen LogP contribution in [-0.2, 0) is 0 Å².